The Morgan fingerprint density at radius 3 is 3.12 bits per heavy atom. The van der Waals surface area contributed by atoms with Crippen molar-refractivity contribution in [2.75, 3.05) is 13.2 Å². The van der Waals surface area contributed by atoms with Gasteiger partial charge >= 0.3 is 0 Å². The monoisotopic (exact) mass is 281 g/mol. The molecule has 1 heterocycles. The Bertz CT molecular complexity index is 408. The molecule has 4 heteroatoms. The molecule has 0 aromatic heterocycles. The molecule has 0 saturated carbocycles. The highest BCUT2D eigenvalue weighted by molar-refractivity contribution is 9.10. The van der Waals surface area contributed by atoms with Crippen molar-refractivity contribution in [3.8, 4) is 11.8 Å². The third kappa shape index (κ3) is 2.75. The number of rotatable bonds is 3. The summed E-state index contributed by atoms with van der Waals surface area (Å²) in [5.74, 6) is 0.626. The van der Waals surface area contributed by atoms with Crippen LogP contribution >= 0.6 is 15.9 Å². The summed E-state index contributed by atoms with van der Waals surface area (Å²) in [5.41, 5.74) is 0.548. The molecule has 0 amide bonds. The molecule has 1 aliphatic heterocycles. The van der Waals surface area contributed by atoms with Gasteiger partial charge in [0.15, 0.2) is 0 Å². The normalized spacial score (nSPS) is 19.4. The summed E-state index contributed by atoms with van der Waals surface area (Å²) in [6, 6.07) is 7.54. The van der Waals surface area contributed by atoms with Crippen LogP contribution in [0.3, 0.4) is 0 Å². The molecule has 16 heavy (non-hydrogen) atoms. The predicted molar refractivity (Wildman–Crippen MR) is 63.3 cm³/mol. The van der Waals surface area contributed by atoms with Crippen molar-refractivity contribution >= 4 is 15.9 Å². The van der Waals surface area contributed by atoms with E-state index in [9.17, 15) is 0 Å². The second-order valence-corrected chi connectivity index (χ2v) is 4.61. The molecular formula is C12H12BrNO2. The second kappa shape index (κ2) is 5.33. The maximum absolute atomic E-state index is 8.95. The van der Waals surface area contributed by atoms with Gasteiger partial charge in [-0.3, -0.25) is 0 Å². The van der Waals surface area contributed by atoms with E-state index in [-0.39, 0.29) is 6.10 Å². The SMILES string of the molecule is N#Cc1cc(Br)ccc1OCC1CCCO1. The Kier molecular flexibility index (Phi) is 3.81. The van der Waals surface area contributed by atoms with Crippen molar-refractivity contribution in [2.24, 2.45) is 0 Å². The smallest absolute Gasteiger partial charge is 0.137 e. The van der Waals surface area contributed by atoms with Gasteiger partial charge in [-0.05, 0) is 31.0 Å². The molecule has 1 atom stereocenters. The first kappa shape index (κ1) is 11.4. The van der Waals surface area contributed by atoms with Crippen LogP contribution in [0.15, 0.2) is 22.7 Å². The van der Waals surface area contributed by atoms with E-state index in [1.54, 1.807) is 12.1 Å². The first-order chi connectivity index (χ1) is 7.79. The quantitative estimate of drug-likeness (QED) is 0.856. The van der Waals surface area contributed by atoms with Crippen molar-refractivity contribution in [2.45, 2.75) is 18.9 Å². The fraction of sp³-hybridized carbons (Fsp3) is 0.417. The van der Waals surface area contributed by atoms with E-state index in [0.717, 1.165) is 23.9 Å². The fourth-order valence-corrected chi connectivity index (χ4v) is 2.04. The van der Waals surface area contributed by atoms with Gasteiger partial charge in [0, 0.05) is 11.1 Å². The molecule has 0 N–H and O–H groups in total. The molecule has 1 saturated heterocycles. The summed E-state index contributed by atoms with van der Waals surface area (Å²) < 4.78 is 11.9. The van der Waals surface area contributed by atoms with E-state index < -0.39 is 0 Å². The largest absolute Gasteiger partial charge is 0.489 e. The zero-order valence-corrected chi connectivity index (χ0v) is 10.4. The van der Waals surface area contributed by atoms with Crippen LogP contribution in [0.25, 0.3) is 0 Å². The molecule has 84 valence electrons. The molecule has 1 aliphatic rings. The highest BCUT2D eigenvalue weighted by Crippen LogP contribution is 2.23. The molecule has 0 radical (unpaired) electrons. The molecule has 0 bridgehead atoms. The van der Waals surface area contributed by atoms with Crippen LogP contribution in [-0.2, 0) is 4.74 Å². The van der Waals surface area contributed by atoms with Gasteiger partial charge in [-0.2, -0.15) is 5.26 Å². The topological polar surface area (TPSA) is 42.2 Å². The van der Waals surface area contributed by atoms with E-state index in [0.29, 0.717) is 17.9 Å². The lowest BCUT2D eigenvalue weighted by Crippen LogP contribution is -2.16. The fourth-order valence-electron chi connectivity index (χ4n) is 1.67. The number of benzene rings is 1. The van der Waals surface area contributed by atoms with Crippen molar-refractivity contribution in [3.63, 3.8) is 0 Å². The van der Waals surface area contributed by atoms with E-state index in [1.165, 1.54) is 0 Å². The van der Waals surface area contributed by atoms with Crippen LogP contribution in [0.2, 0.25) is 0 Å². The number of nitriles is 1. The lowest BCUT2D eigenvalue weighted by molar-refractivity contribution is 0.0678. The van der Waals surface area contributed by atoms with Crippen molar-refractivity contribution in [1.29, 1.82) is 5.26 Å². The van der Waals surface area contributed by atoms with Crippen molar-refractivity contribution in [3.05, 3.63) is 28.2 Å². The van der Waals surface area contributed by atoms with E-state index in [4.69, 9.17) is 14.7 Å². The second-order valence-electron chi connectivity index (χ2n) is 3.70. The van der Waals surface area contributed by atoms with Crippen LogP contribution in [-0.4, -0.2) is 19.3 Å². The lowest BCUT2D eigenvalue weighted by Gasteiger charge is -2.12. The molecule has 2 rings (SSSR count). The minimum atomic E-state index is 0.176. The van der Waals surface area contributed by atoms with Crippen LogP contribution in [0.1, 0.15) is 18.4 Å². The maximum atomic E-state index is 8.95. The minimum Gasteiger partial charge on any atom is -0.489 e. The summed E-state index contributed by atoms with van der Waals surface area (Å²) in [6.45, 7) is 1.34. The molecule has 0 aliphatic carbocycles. The van der Waals surface area contributed by atoms with Crippen LogP contribution in [0, 0.1) is 11.3 Å². The molecule has 1 unspecified atom stereocenters. The highest BCUT2D eigenvalue weighted by Gasteiger charge is 2.16. The van der Waals surface area contributed by atoms with E-state index >= 15 is 0 Å². The first-order valence-electron chi connectivity index (χ1n) is 5.23. The van der Waals surface area contributed by atoms with Gasteiger partial charge in [-0.25, -0.2) is 0 Å². The minimum absolute atomic E-state index is 0.176. The average molecular weight is 282 g/mol. The van der Waals surface area contributed by atoms with Crippen molar-refractivity contribution in [1.82, 2.24) is 0 Å². The zero-order valence-electron chi connectivity index (χ0n) is 8.78. The van der Waals surface area contributed by atoms with Gasteiger partial charge in [0.25, 0.3) is 0 Å². The van der Waals surface area contributed by atoms with Gasteiger partial charge in [-0.15, -0.1) is 0 Å². The zero-order chi connectivity index (χ0) is 11.4. The third-order valence-corrected chi connectivity index (χ3v) is 3.00. The van der Waals surface area contributed by atoms with Crippen LogP contribution in [0.5, 0.6) is 5.75 Å². The number of nitrogens with zero attached hydrogens (tertiary/aromatic N) is 1. The molecule has 1 aromatic carbocycles. The van der Waals surface area contributed by atoms with Gasteiger partial charge in [0.05, 0.1) is 11.7 Å². The number of ether oxygens (including phenoxy) is 2. The van der Waals surface area contributed by atoms with Gasteiger partial charge < -0.3 is 9.47 Å². The summed E-state index contributed by atoms with van der Waals surface area (Å²) in [6.07, 6.45) is 2.31. The molecule has 0 spiro atoms. The average Bonchev–Trinajstić information content (AvgIpc) is 2.80. The Labute approximate surface area is 103 Å². The Morgan fingerprint density at radius 2 is 2.44 bits per heavy atom. The molecule has 3 nitrogen and oxygen atoms in total. The van der Waals surface area contributed by atoms with E-state index in [1.807, 2.05) is 6.07 Å². The van der Waals surface area contributed by atoms with Crippen LogP contribution in [0.4, 0.5) is 0 Å². The number of hydrogen-bond acceptors (Lipinski definition) is 3. The van der Waals surface area contributed by atoms with E-state index in [2.05, 4.69) is 22.0 Å². The third-order valence-electron chi connectivity index (χ3n) is 2.51. The Balaban J connectivity index is 2.00. The van der Waals surface area contributed by atoms with Crippen LogP contribution < -0.4 is 4.74 Å². The molecule has 1 aromatic rings. The summed E-state index contributed by atoms with van der Waals surface area (Å²) in [7, 11) is 0. The summed E-state index contributed by atoms with van der Waals surface area (Å²) >= 11 is 3.32. The van der Waals surface area contributed by atoms with Crippen molar-refractivity contribution < 1.29 is 9.47 Å². The lowest BCUT2D eigenvalue weighted by atomic mass is 10.2. The van der Waals surface area contributed by atoms with Gasteiger partial charge in [0.2, 0.25) is 0 Å². The standard InChI is InChI=1S/C12H12BrNO2/c13-10-3-4-12(9(6-10)7-14)16-8-11-2-1-5-15-11/h3-4,6,11H,1-2,5,8H2. The maximum Gasteiger partial charge on any atom is 0.137 e. The summed E-state index contributed by atoms with van der Waals surface area (Å²) in [5, 5.41) is 8.95. The first-order valence-corrected chi connectivity index (χ1v) is 6.03. The highest BCUT2D eigenvalue weighted by atomic mass is 79.9. The predicted octanol–water partition coefficient (Wildman–Crippen LogP) is 2.88. The molecular weight excluding hydrogens is 270 g/mol. The van der Waals surface area contributed by atoms with Gasteiger partial charge in [0.1, 0.15) is 18.4 Å². The Hall–Kier alpha value is -1.05. The Morgan fingerprint density at radius 1 is 1.56 bits per heavy atom. The summed E-state index contributed by atoms with van der Waals surface area (Å²) in [4.78, 5) is 0. The number of halogens is 1. The number of hydrogen-bond donors (Lipinski definition) is 0. The molecule has 1 fully saturated rings. The van der Waals surface area contributed by atoms with Gasteiger partial charge in [-0.1, -0.05) is 15.9 Å².